The number of hydrogen-bond donors (Lipinski definition) is 2. The van der Waals surface area contributed by atoms with Crippen LogP contribution in [0.3, 0.4) is 0 Å². The number of ether oxygens (including phenoxy) is 1. The maximum Gasteiger partial charge on any atom is 0.407 e. The van der Waals surface area contributed by atoms with Crippen LogP contribution in [0.4, 0.5) is 10.5 Å². The Kier molecular flexibility index (Phi) is 6.35. The Hall–Kier alpha value is -4.20. The molecule has 0 heterocycles. The van der Waals surface area contributed by atoms with E-state index in [1.807, 2.05) is 36.4 Å². The minimum absolute atomic E-state index is 0.0469. The van der Waals surface area contributed by atoms with E-state index >= 15 is 0 Å². The molecule has 4 rings (SSSR count). The van der Waals surface area contributed by atoms with Crippen molar-refractivity contribution in [2.75, 3.05) is 6.61 Å². The molecular weight excluding hydrogens is 422 g/mol. The molecule has 2 amide bonds. The fraction of sp³-hybridized carbons (Fsp3) is 0.200. The lowest BCUT2D eigenvalue weighted by atomic mass is 9.98. The lowest BCUT2D eigenvalue weighted by molar-refractivity contribution is -0.384. The lowest BCUT2D eigenvalue weighted by Gasteiger charge is -2.20. The Bertz CT molecular complexity index is 1150. The molecule has 0 bridgehead atoms. The average Bonchev–Trinajstić information content (AvgIpc) is 3.14. The zero-order valence-corrected chi connectivity index (χ0v) is 17.8. The Labute approximate surface area is 190 Å². The molecule has 0 aliphatic heterocycles. The number of hydrogen-bond acceptors (Lipinski definition) is 5. The topological polar surface area (TPSA) is 125 Å². The van der Waals surface area contributed by atoms with Crippen molar-refractivity contribution in [2.45, 2.75) is 24.8 Å². The molecule has 0 radical (unpaired) electrons. The van der Waals surface area contributed by atoms with E-state index in [0.717, 1.165) is 22.3 Å². The van der Waals surface area contributed by atoms with Crippen molar-refractivity contribution >= 4 is 17.7 Å². The highest BCUT2D eigenvalue weighted by atomic mass is 16.6. The predicted octanol–water partition coefficient (Wildman–Crippen LogP) is 4.44. The molecule has 0 saturated heterocycles. The summed E-state index contributed by atoms with van der Waals surface area (Å²) in [6.07, 6.45) is -0.340. The van der Waals surface area contributed by atoms with Crippen LogP contribution in [0.5, 0.6) is 0 Å². The van der Waals surface area contributed by atoms with E-state index in [2.05, 4.69) is 17.4 Å². The molecule has 168 valence electrons. The van der Waals surface area contributed by atoms with Gasteiger partial charge in [-0.15, -0.1) is 0 Å². The van der Waals surface area contributed by atoms with Crippen molar-refractivity contribution in [1.82, 2.24) is 5.32 Å². The lowest BCUT2D eigenvalue weighted by Crippen LogP contribution is -2.31. The van der Waals surface area contributed by atoms with Gasteiger partial charge in [-0.25, -0.2) is 4.79 Å². The summed E-state index contributed by atoms with van der Waals surface area (Å²) in [6.45, 7) is 0.155. The monoisotopic (exact) mass is 445 g/mol. The molecule has 0 fully saturated rings. The Balaban J connectivity index is 1.46. The van der Waals surface area contributed by atoms with Gasteiger partial charge in [0.15, 0.2) is 0 Å². The van der Waals surface area contributed by atoms with Gasteiger partial charge in [-0.3, -0.25) is 14.9 Å². The molecule has 0 aromatic heterocycles. The van der Waals surface area contributed by atoms with E-state index in [1.165, 1.54) is 12.1 Å². The molecule has 1 aliphatic carbocycles. The standard InChI is InChI=1S/C25H23N3O5/c26-24(29)14-13-23(16-9-11-17(12-10-16)28(31)32)27-25(30)33-15-22-20-7-3-1-5-18(20)19-6-2-4-8-21(19)22/h1-12,22-23H,13-15H2,(H2,26,29)(H,27,30). The van der Waals surface area contributed by atoms with Crippen LogP contribution < -0.4 is 11.1 Å². The second-order valence-electron chi connectivity index (χ2n) is 7.88. The van der Waals surface area contributed by atoms with Crippen molar-refractivity contribution < 1.29 is 19.2 Å². The van der Waals surface area contributed by atoms with Gasteiger partial charge in [0.2, 0.25) is 5.91 Å². The molecule has 8 nitrogen and oxygen atoms in total. The van der Waals surface area contributed by atoms with Crippen molar-refractivity contribution in [3.05, 3.63) is 99.6 Å². The van der Waals surface area contributed by atoms with Gasteiger partial charge in [0, 0.05) is 24.5 Å². The number of nitro benzene ring substituents is 1. The summed E-state index contributed by atoms with van der Waals surface area (Å²) >= 11 is 0. The summed E-state index contributed by atoms with van der Waals surface area (Å²) in [4.78, 5) is 34.4. The molecule has 1 unspecified atom stereocenters. The second-order valence-corrected chi connectivity index (χ2v) is 7.88. The Morgan fingerprint density at radius 3 is 2.09 bits per heavy atom. The minimum atomic E-state index is -0.635. The van der Waals surface area contributed by atoms with Gasteiger partial charge in [-0.2, -0.15) is 0 Å². The van der Waals surface area contributed by atoms with Crippen molar-refractivity contribution in [1.29, 1.82) is 0 Å². The van der Waals surface area contributed by atoms with Gasteiger partial charge in [0.05, 0.1) is 11.0 Å². The van der Waals surface area contributed by atoms with Crippen LogP contribution in [-0.2, 0) is 9.53 Å². The largest absolute Gasteiger partial charge is 0.449 e. The zero-order chi connectivity index (χ0) is 23.4. The van der Waals surface area contributed by atoms with Crippen LogP contribution in [0.2, 0.25) is 0 Å². The van der Waals surface area contributed by atoms with Crippen molar-refractivity contribution in [3.63, 3.8) is 0 Å². The molecule has 3 N–H and O–H groups in total. The molecular formula is C25H23N3O5. The number of nitrogens with one attached hydrogen (secondary N) is 1. The summed E-state index contributed by atoms with van der Waals surface area (Å²) in [5.41, 5.74) is 10.3. The number of non-ortho nitro benzene ring substituents is 1. The number of carbonyl (C=O) groups excluding carboxylic acids is 2. The molecule has 1 aliphatic rings. The second kappa shape index (κ2) is 9.52. The normalized spacial score (nSPS) is 13.0. The Morgan fingerprint density at radius 2 is 1.55 bits per heavy atom. The van der Waals surface area contributed by atoms with Gasteiger partial charge in [-0.05, 0) is 34.2 Å². The summed E-state index contributed by atoms with van der Waals surface area (Å²) < 4.78 is 5.59. The minimum Gasteiger partial charge on any atom is -0.449 e. The average molecular weight is 445 g/mol. The molecule has 0 saturated carbocycles. The number of fused-ring (bicyclic) bond motifs is 3. The highest BCUT2D eigenvalue weighted by Gasteiger charge is 2.29. The summed E-state index contributed by atoms with van der Waals surface area (Å²) in [7, 11) is 0. The quantitative estimate of drug-likeness (QED) is 0.392. The number of carbonyl (C=O) groups is 2. The molecule has 8 heteroatoms. The number of amides is 2. The van der Waals surface area contributed by atoms with Crippen LogP contribution >= 0.6 is 0 Å². The maximum atomic E-state index is 12.7. The van der Waals surface area contributed by atoms with Crippen LogP contribution in [0.1, 0.15) is 41.5 Å². The molecule has 33 heavy (non-hydrogen) atoms. The SMILES string of the molecule is NC(=O)CCC(NC(=O)OCC1c2ccccc2-c2ccccc21)c1ccc([N+](=O)[O-])cc1. The van der Waals surface area contributed by atoms with Crippen LogP contribution in [0.25, 0.3) is 11.1 Å². The fourth-order valence-electron chi connectivity index (χ4n) is 4.22. The fourth-order valence-corrected chi connectivity index (χ4v) is 4.22. The number of nitro groups is 1. The third-order valence-corrected chi connectivity index (χ3v) is 5.82. The van der Waals surface area contributed by atoms with E-state index in [0.29, 0.717) is 5.56 Å². The number of primary amides is 1. The first-order valence-electron chi connectivity index (χ1n) is 10.6. The predicted molar refractivity (Wildman–Crippen MR) is 122 cm³/mol. The van der Waals surface area contributed by atoms with Crippen LogP contribution in [0, 0.1) is 10.1 Å². The number of rotatable bonds is 8. The summed E-state index contributed by atoms with van der Waals surface area (Å²) in [5, 5.41) is 13.7. The Morgan fingerprint density at radius 1 is 0.970 bits per heavy atom. The molecule has 3 aromatic rings. The van der Waals surface area contributed by atoms with Crippen LogP contribution in [0.15, 0.2) is 72.8 Å². The number of alkyl carbamates (subject to hydrolysis) is 1. The van der Waals surface area contributed by atoms with Crippen LogP contribution in [-0.4, -0.2) is 23.5 Å². The highest BCUT2D eigenvalue weighted by Crippen LogP contribution is 2.44. The summed E-state index contributed by atoms with van der Waals surface area (Å²) in [5.74, 6) is -0.581. The van der Waals surface area contributed by atoms with Gasteiger partial charge in [0.25, 0.3) is 5.69 Å². The third-order valence-electron chi connectivity index (χ3n) is 5.82. The van der Waals surface area contributed by atoms with Crippen molar-refractivity contribution in [3.8, 4) is 11.1 Å². The van der Waals surface area contributed by atoms with E-state index in [1.54, 1.807) is 12.1 Å². The van der Waals surface area contributed by atoms with E-state index in [4.69, 9.17) is 10.5 Å². The first-order valence-corrected chi connectivity index (χ1v) is 10.6. The number of nitrogens with zero attached hydrogens (tertiary/aromatic N) is 1. The highest BCUT2D eigenvalue weighted by molar-refractivity contribution is 5.79. The first-order chi connectivity index (χ1) is 15.9. The van der Waals surface area contributed by atoms with Gasteiger partial charge in [0.1, 0.15) is 6.61 Å². The zero-order valence-electron chi connectivity index (χ0n) is 17.8. The number of nitrogens with two attached hydrogens (primary N) is 1. The molecule has 1 atom stereocenters. The molecule has 0 spiro atoms. The first kappa shape index (κ1) is 22.0. The molecule has 3 aromatic carbocycles. The van der Waals surface area contributed by atoms with Gasteiger partial charge < -0.3 is 15.8 Å². The van der Waals surface area contributed by atoms with E-state index in [9.17, 15) is 19.7 Å². The third kappa shape index (κ3) is 4.85. The van der Waals surface area contributed by atoms with Gasteiger partial charge in [-0.1, -0.05) is 60.7 Å². The van der Waals surface area contributed by atoms with Crippen molar-refractivity contribution in [2.24, 2.45) is 5.73 Å². The maximum absolute atomic E-state index is 12.7. The van der Waals surface area contributed by atoms with E-state index < -0.39 is 23.0 Å². The van der Waals surface area contributed by atoms with E-state index in [-0.39, 0.29) is 31.1 Å². The van der Waals surface area contributed by atoms with Gasteiger partial charge >= 0.3 is 6.09 Å². The smallest absolute Gasteiger partial charge is 0.407 e. The number of benzene rings is 3. The summed E-state index contributed by atoms with van der Waals surface area (Å²) in [6, 6.07) is 21.3.